The van der Waals surface area contributed by atoms with Gasteiger partial charge < -0.3 is 9.32 Å². The number of hydrogen-bond acceptors (Lipinski definition) is 3. The first-order chi connectivity index (χ1) is 11.1. The zero-order valence-electron chi connectivity index (χ0n) is 12.9. The summed E-state index contributed by atoms with van der Waals surface area (Å²) in [6.07, 6.45) is 2.23. The lowest BCUT2D eigenvalue weighted by atomic mass is 10.0. The van der Waals surface area contributed by atoms with Crippen LogP contribution in [0.15, 0.2) is 34.7 Å². The van der Waals surface area contributed by atoms with E-state index in [-0.39, 0.29) is 5.91 Å². The second-order valence-electron chi connectivity index (χ2n) is 6.33. The van der Waals surface area contributed by atoms with E-state index in [1.165, 1.54) is 6.42 Å². The Morgan fingerprint density at radius 3 is 3.00 bits per heavy atom. The van der Waals surface area contributed by atoms with Crippen LogP contribution in [0.2, 0.25) is 5.02 Å². The molecule has 3 heterocycles. The highest BCUT2D eigenvalue weighted by Gasteiger charge is 2.24. The average Bonchev–Trinajstić information content (AvgIpc) is 2.94. The molecule has 23 heavy (non-hydrogen) atoms. The van der Waals surface area contributed by atoms with Crippen LogP contribution in [0.3, 0.4) is 0 Å². The topological polar surface area (TPSA) is 46.3 Å². The first-order valence-electron chi connectivity index (χ1n) is 7.89. The summed E-state index contributed by atoms with van der Waals surface area (Å²) in [5, 5.41) is 2.45. The minimum absolute atomic E-state index is 0.0448. The van der Waals surface area contributed by atoms with Gasteiger partial charge in [-0.05, 0) is 43.0 Å². The Balaban J connectivity index is 1.73. The van der Waals surface area contributed by atoms with Gasteiger partial charge in [0, 0.05) is 28.9 Å². The fourth-order valence-corrected chi connectivity index (χ4v) is 3.40. The molecule has 2 aromatic heterocycles. The number of likely N-dealkylation sites (tertiary alicyclic amines) is 1. The molecule has 0 radical (unpaired) electrons. The highest BCUT2D eigenvalue weighted by molar-refractivity contribution is 6.31. The number of nitrogens with zero attached hydrogens (tertiary/aromatic N) is 2. The van der Waals surface area contributed by atoms with Crippen molar-refractivity contribution in [3.05, 3.63) is 41.1 Å². The van der Waals surface area contributed by atoms with Crippen molar-refractivity contribution in [3.63, 3.8) is 0 Å². The van der Waals surface area contributed by atoms with Gasteiger partial charge >= 0.3 is 0 Å². The molecule has 5 heteroatoms. The van der Waals surface area contributed by atoms with Crippen molar-refractivity contribution in [3.8, 4) is 0 Å². The average molecular weight is 329 g/mol. The zero-order chi connectivity index (χ0) is 16.0. The van der Waals surface area contributed by atoms with E-state index < -0.39 is 0 Å². The van der Waals surface area contributed by atoms with Gasteiger partial charge in [0.25, 0.3) is 5.91 Å². The zero-order valence-corrected chi connectivity index (χ0v) is 13.6. The van der Waals surface area contributed by atoms with E-state index in [4.69, 9.17) is 16.0 Å². The van der Waals surface area contributed by atoms with Gasteiger partial charge in [0.2, 0.25) is 5.71 Å². The lowest BCUT2D eigenvalue weighted by Gasteiger charge is -2.30. The number of aromatic nitrogens is 1. The maximum atomic E-state index is 12.6. The third kappa shape index (κ3) is 2.68. The molecule has 0 saturated carbocycles. The Bertz CT molecular complexity index is 903. The summed E-state index contributed by atoms with van der Waals surface area (Å²) in [6, 6.07) is 9.32. The number of fused-ring (bicyclic) bond motifs is 2. The van der Waals surface area contributed by atoms with Crippen molar-refractivity contribution in [2.24, 2.45) is 5.92 Å². The Morgan fingerprint density at radius 2 is 2.17 bits per heavy atom. The minimum Gasteiger partial charge on any atom is -0.433 e. The Kier molecular flexibility index (Phi) is 3.49. The van der Waals surface area contributed by atoms with Gasteiger partial charge in [0.05, 0.1) is 5.52 Å². The van der Waals surface area contributed by atoms with Crippen molar-refractivity contribution in [1.82, 2.24) is 9.88 Å². The fourth-order valence-electron chi connectivity index (χ4n) is 3.23. The van der Waals surface area contributed by atoms with E-state index in [0.717, 1.165) is 35.8 Å². The molecule has 0 aliphatic carbocycles. The Labute approximate surface area is 139 Å². The van der Waals surface area contributed by atoms with Crippen LogP contribution in [0.5, 0.6) is 0 Å². The summed E-state index contributed by atoms with van der Waals surface area (Å²) in [6.45, 7) is 3.77. The first kappa shape index (κ1) is 14.5. The molecule has 1 unspecified atom stereocenters. The minimum atomic E-state index is -0.0448. The van der Waals surface area contributed by atoms with Crippen molar-refractivity contribution >= 4 is 39.5 Å². The number of furan rings is 1. The molecular weight excluding hydrogens is 312 g/mol. The fraction of sp³-hybridized carbons (Fsp3) is 0.333. The van der Waals surface area contributed by atoms with Crippen LogP contribution < -0.4 is 0 Å². The van der Waals surface area contributed by atoms with Crippen LogP contribution >= 0.6 is 11.6 Å². The molecule has 1 amide bonds. The summed E-state index contributed by atoms with van der Waals surface area (Å²) < 4.78 is 5.72. The maximum absolute atomic E-state index is 12.6. The van der Waals surface area contributed by atoms with Crippen molar-refractivity contribution in [2.75, 3.05) is 13.1 Å². The lowest BCUT2D eigenvalue weighted by Crippen LogP contribution is -2.38. The van der Waals surface area contributed by atoms with Gasteiger partial charge in [-0.15, -0.1) is 0 Å². The van der Waals surface area contributed by atoms with E-state index in [2.05, 4.69) is 11.9 Å². The molecule has 0 N–H and O–H groups in total. The molecule has 1 aromatic carbocycles. The van der Waals surface area contributed by atoms with Gasteiger partial charge in [-0.1, -0.05) is 24.6 Å². The number of halogens is 1. The second-order valence-corrected chi connectivity index (χ2v) is 6.77. The molecule has 4 rings (SSSR count). The van der Waals surface area contributed by atoms with E-state index in [0.29, 0.717) is 22.4 Å². The number of pyridine rings is 1. The molecule has 0 spiro atoms. The van der Waals surface area contributed by atoms with Crippen LogP contribution in [0.25, 0.3) is 22.0 Å². The van der Waals surface area contributed by atoms with Crippen LogP contribution in [0, 0.1) is 5.92 Å². The number of amides is 1. The molecular formula is C18H17ClN2O2. The monoisotopic (exact) mass is 328 g/mol. The standard InChI is InChI=1S/C18H17ClN2O2/c1-11-3-2-6-21(10-11)18(22)16-8-13-7-12-4-5-14(19)9-15(12)20-17(13)23-16/h4-5,7-9,11H,2-3,6,10H2,1H3. The molecule has 0 bridgehead atoms. The molecule has 118 valence electrons. The summed E-state index contributed by atoms with van der Waals surface area (Å²) >= 11 is 6.01. The van der Waals surface area contributed by atoms with Crippen molar-refractivity contribution in [1.29, 1.82) is 0 Å². The van der Waals surface area contributed by atoms with Gasteiger partial charge in [-0.3, -0.25) is 4.79 Å². The molecule has 1 atom stereocenters. The molecule has 1 fully saturated rings. The molecule has 1 saturated heterocycles. The number of piperidine rings is 1. The summed E-state index contributed by atoms with van der Waals surface area (Å²) in [5.41, 5.74) is 1.25. The third-order valence-corrected chi connectivity index (χ3v) is 4.66. The first-order valence-corrected chi connectivity index (χ1v) is 8.27. The summed E-state index contributed by atoms with van der Waals surface area (Å²) in [7, 11) is 0. The number of hydrogen-bond donors (Lipinski definition) is 0. The van der Waals surface area contributed by atoms with Crippen LogP contribution in [0.1, 0.15) is 30.3 Å². The van der Waals surface area contributed by atoms with Crippen LogP contribution in [-0.2, 0) is 0 Å². The number of carbonyl (C=O) groups excluding carboxylic acids is 1. The molecule has 3 aromatic rings. The van der Waals surface area contributed by atoms with E-state index in [9.17, 15) is 4.79 Å². The van der Waals surface area contributed by atoms with Gasteiger partial charge in [0.1, 0.15) is 0 Å². The second kappa shape index (κ2) is 5.53. The predicted molar refractivity (Wildman–Crippen MR) is 90.8 cm³/mol. The Hall–Kier alpha value is -2.07. The SMILES string of the molecule is CC1CCCN(C(=O)c2cc3cc4ccc(Cl)cc4nc3o2)C1. The molecule has 4 nitrogen and oxygen atoms in total. The predicted octanol–water partition coefficient (Wildman–Crippen LogP) is 4.51. The largest absolute Gasteiger partial charge is 0.433 e. The Morgan fingerprint density at radius 1 is 1.30 bits per heavy atom. The van der Waals surface area contributed by atoms with Crippen LogP contribution in [0.4, 0.5) is 0 Å². The van der Waals surface area contributed by atoms with Crippen LogP contribution in [-0.4, -0.2) is 28.9 Å². The third-order valence-electron chi connectivity index (χ3n) is 4.42. The smallest absolute Gasteiger partial charge is 0.289 e. The van der Waals surface area contributed by atoms with Gasteiger partial charge in [-0.25, -0.2) is 4.98 Å². The maximum Gasteiger partial charge on any atom is 0.289 e. The number of rotatable bonds is 1. The normalized spacial score (nSPS) is 18.7. The van der Waals surface area contributed by atoms with E-state index >= 15 is 0 Å². The quantitative estimate of drug-likeness (QED) is 0.660. The highest BCUT2D eigenvalue weighted by atomic mass is 35.5. The van der Waals surface area contributed by atoms with E-state index in [1.54, 1.807) is 12.1 Å². The van der Waals surface area contributed by atoms with Crippen molar-refractivity contribution < 1.29 is 9.21 Å². The molecule has 1 aliphatic heterocycles. The van der Waals surface area contributed by atoms with Gasteiger partial charge in [0.15, 0.2) is 5.76 Å². The van der Waals surface area contributed by atoms with E-state index in [1.807, 2.05) is 23.1 Å². The van der Waals surface area contributed by atoms with Gasteiger partial charge in [-0.2, -0.15) is 0 Å². The summed E-state index contributed by atoms with van der Waals surface area (Å²) in [4.78, 5) is 19.0. The number of carbonyl (C=O) groups is 1. The molecule has 1 aliphatic rings. The van der Waals surface area contributed by atoms with Crippen molar-refractivity contribution in [2.45, 2.75) is 19.8 Å². The number of benzene rings is 1. The lowest BCUT2D eigenvalue weighted by molar-refractivity contribution is 0.0653. The summed E-state index contributed by atoms with van der Waals surface area (Å²) in [5.74, 6) is 0.861. The highest BCUT2D eigenvalue weighted by Crippen LogP contribution is 2.26.